The first kappa shape index (κ1) is 14.1. The van der Waals surface area contributed by atoms with Crippen LogP contribution in [0.2, 0.25) is 0 Å². The maximum atomic E-state index is 11.6. The minimum Gasteiger partial charge on any atom is -0.396 e. The van der Waals surface area contributed by atoms with Gasteiger partial charge >= 0.3 is 6.03 Å². The molecule has 0 aliphatic rings. The van der Waals surface area contributed by atoms with Gasteiger partial charge in [0.25, 0.3) is 0 Å². The van der Waals surface area contributed by atoms with Crippen LogP contribution in [0, 0.1) is 18.3 Å². The zero-order valence-electron chi connectivity index (χ0n) is 10.4. The van der Waals surface area contributed by atoms with Gasteiger partial charge in [0.05, 0.1) is 0 Å². The molecule has 0 fully saturated rings. The lowest BCUT2D eigenvalue weighted by atomic mass is 10.1. The number of amides is 2. The predicted molar refractivity (Wildman–Crippen MR) is 72.3 cm³/mol. The Kier molecular flexibility index (Phi) is 5.75. The molecule has 0 saturated carbocycles. The molecule has 2 amide bonds. The first-order valence-corrected chi connectivity index (χ1v) is 5.88. The normalized spacial score (nSPS) is 11.4. The first-order chi connectivity index (χ1) is 8.65. The molecular weight excluding hydrogens is 228 g/mol. The van der Waals surface area contributed by atoms with Gasteiger partial charge in [0.15, 0.2) is 0 Å². The van der Waals surface area contributed by atoms with Crippen molar-refractivity contribution < 1.29 is 9.90 Å². The molecule has 0 bridgehead atoms. The van der Waals surface area contributed by atoms with Gasteiger partial charge in [0, 0.05) is 24.4 Å². The van der Waals surface area contributed by atoms with Crippen LogP contribution < -0.4 is 10.6 Å². The molecular formula is C14H18N2O2. The second kappa shape index (κ2) is 7.36. The monoisotopic (exact) mass is 246 g/mol. The Labute approximate surface area is 107 Å². The number of carbonyl (C=O) groups is 1. The fraction of sp³-hybridized carbons (Fsp3) is 0.357. The molecule has 4 heteroatoms. The molecule has 0 aliphatic carbocycles. The minimum absolute atomic E-state index is 0.134. The molecule has 1 atom stereocenters. The van der Waals surface area contributed by atoms with Gasteiger partial charge in [-0.15, -0.1) is 6.42 Å². The summed E-state index contributed by atoms with van der Waals surface area (Å²) in [5, 5.41) is 14.2. The highest BCUT2D eigenvalue weighted by Gasteiger charge is 2.05. The first-order valence-electron chi connectivity index (χ1n) is 5.88. The van der Waals surface area contributed by atoms with Crippen molar-refractivity contribution in [2.24, 2.45) is 5.92 Å². The number of rotatable bonds is 5. The highest BCUT2D eigenvalue weighted by molar-refractivity contribution is 5.89. The summed E-state index contributed by atoms with van der Waals surface area (Å²) in [5.41, 5.74) is 1.39. The van der Waals surface area contributed by atoms with Crippen LogP contribution in [0.15, 0.2) is 24.3 Å². The van der Waals surface area contributed by atoms with Gasteiger partial charge in [-0.2, -0.15) is 0 Å². The van der Waals surface area contributed by atoms with E-state index in [4.69, 9.17) is 11.5 Å². The lowest BCUT2D eigenvalue weighted by molar-refractivity contribution is 0.243. The summed E-state index contributed by atoms with van der Waals surface area (Å²) >= 11 is 0. The third-order valence-corrected chi connectivity index (χ3v) is 2.52. The van der Waals surface area contributed by atoms with Crippen LogP contribution in [0.1, 0.15) is 18.9 Å². The molecule has 1 aromatic carbocycles. The molecule has 0 saturated heterocycles. The van der Waals surface area contributed by atoms with Crippen molar-refractivity contribution in [3.8, 4) is 12.3 Å². The van der Waals surface area contributed by atoms with E-state index in [1.165, 1.54) is 0 Å². The van der Waals surface area contributed by atoms with Crippen molar-refractivity contribution in [3.05, 3.63) is 29.8 Å². The van der Waals surface area contributed by atoms with E-state index < -0.39 is 0 Å². The number of terminal acetylenes is 1. The summed E-state index contributed by atoms with van der Waals surface area (Å²) in [6, 6.07) is 6.83. The third-order valence-electron chi connectivity index (χ3n) is 2.52. The molecule has 0 heterocycles. The van der Waals surface area contributed by atoms with Crippen LogP contribution in [0.3, 0.4) is 0 Å². The Balaban J connectivity index is 2.42. The van der Waals surface area contributed by atoms with Crippen LogP contribution in [0.4, 0.5) is 10.5 Å². The number of carbonyl (C=O) groups excluding carboxylic acids is 1. The molecule has 1 unspecified atom stereocenters. The number of anilines is 1. The summed E-state index contributed by atoms with van der Waals surface area (Å²) in [5.74, 6) is 2.76. The summed E-state index contributed by atoms with van der Waals surface area (Å²) < 4.78 is 0. The number of hydrogen-bond acceptors (Lipinski definition) is 2. The fourth-order valence-electron chi connectivity index (χ4n) is 1.45. The standard InChI is InChI=1S/C14H18N2O2/c1-3-12-5-4-6-13(9-12)16-14(18)15-10-11(2)7-8-17/h1,4-6,9,11,17H,7-8,10H2,2H3,(H2,15,16,18). The van der Waals surface area contributed by atoms with E-state index in [-0.39, 0.29) is 18.6 Å². The van der Waals surface area contributed by atoms with Crippen LogP contribution in [-0.2, 0) is 0 Å². The molecule has 0 spiro atoms. The van der Waals surface area contributed by atoms with Crippen LogP contribution in [0.5, 0.6) is 0 Å². The lowest BCUT2D eigenvalue weighted by Crippen LogP contribution is -2.32. The molecule has 0 aliphatic heterocycles. The molecule has 18 heavy (non-hydrogen) atoms. The van der Waals surface area contributed by atoms with Gasteiger partial charge in [-0.05, 0) is 30.5 Å². The quantitative estimate of drug-likeness (QED) is 0.694. The van der Waals surface area contributed by atoms with Crippen molar-refractivity contribution in [2.75, 3.05) is 18.5 Å². The molecule has 3 N–H and O–H groups in total. The zero-order chi connectivity index (χ0) is 13.4. The Morgan fingerprint density at radius 2 is 2.33 bits per heavy atom. The third kappa shape index (κ3) is 4.89. The lowest BCUT2D eigenvalue weighted by Gasteiger charge is -2.12. The molecule has 1 aromatic rings. The number of benzene rings is 1. The number of aliphatic hydroxyl groups is 1. The smallest absolute Gasteiger partial charge is 0.319 e. The fourth-order valence-corrected chi connectivity index (χ4v) is 1.45. The second-order valence-corrected chi connectivity index (χ2v) is 4.18. The van der Waals surface area contributed by atoms with E-state index >= 15 is 0 Å². The highest BCUT2D eigenvalue weighted by atomic mass is 16.3. The van der Waals surface area contributed by atoms with E-state index in [1.807, 2.05) is 6.92 Å². The molecule has 4 nitrogen and oxygen atoms in total. The molecule has 1 rings (SSSR count). The summed E-state index contributed by atoms with van der Waals surface area (Å²) in [7, 11) is 0. The van der Waals surface area contributed by atoms with E-state index in [0.29, 0.717) is 18.7 Å². The van der Waals surface area contributed by atoms with E-state index in [2.05, 4.69) is 16.6 Å². The maximum absolute atomic E-state index is 11.6. The van der Waals surface area contributed by atoms with Crippen molar-refractivity contribution in [1.82, 2.24) is 5.32 Å². The zero-order valence-corrected chi connectivity index (χ0v) is 10.4. The highest BCUT2D eigenvalue weighted by Crippen LogP contribution is 2.09. The summed E-state index contributed by atoms with van der Waals surface area (Å²) in [6.07, 6.45) is 5.95. The second-order valence-electron chi connectivity index (χ2n) is 4.18. The minimum atomic E-state index is -0.269. The molecule has 0 aromatic heterocycles. The molecule has 0 radical (unpaired) electrons. The number of hydrogen-bond donors (Lipinski definition) is 3. The topological polar surface area (TPSA) is 61.4 Å². The van der Waals surface area contributed by atoms with E-state index in [9.17, 15) is 4.79 Å². The molecule has 96 valence electrons. The summed E-state index contributed by atoms with van der Waals surface area (Å²) in [6.45, 7) is 2.63. The Bertz CT molecular complexity index is 438. The van der Waals surface area contributed by atoms with Gasteiger partial charge in [-0.3, -0.25) is 0 Å². The van der Waals surface area contributed by atoms with Gasteiger partial charge in [-0.1, -0.05) is 18.9 Å². The van der Waals surface area contributed by atoms with Crippen molar-refractivity contribution in [2.45, 2.75) is 13.3 Å². The average molecular weight is 246 g/mol. The number of aliphatic hydroxyl groups excluding tert-OH is 1. The van der Waals surface area contributed by atoms with Crippen molar-refractivity contribution in [3.63, 3.8) is 0 Å². The van der Waals surface area contributed by atoms with Crippen LogP contribution in [0.25, 0.3) is 0 Å². The number of nitrogens with one attached hydrogen (secondary N) is 2. The van der Waals surface area contributed by atoms with E-state index in [1.54, 1.807) is 24.3 Å². The van der Waals surface area contributed by atoms with Gasteiger partial charge in [-0.25, -0.2) is 4.79 Å². The van der Waals surface area contributed by atoms with Gasteiger partial charge in [0.2, 0.25) is 0 Å². The van der Waals surface area contributed by atoms with Crippen LogP contribution in [-0.4, -0.2) is 24.3 Å². The Morgan fingerprint density at radius 3 is 3.00 bits per heavy atom. The van der Waals surface area contributed by atoms with Gasteiger partial charge < -0.3 is 15.7 Å². The predicted octanol–water partition coefficient (Wildman–Crippen LogP) is 1.81. The largest absolute Gasteiger partial charge is 0.396 e. The van der Waals surface area contributed by atoms with Crippen molar-refractivity contribution >= 4 is 11.7 Å². The van der Waals surface area contributed by atoms with Gasteiger partial charge in [0.1, 0.15) is 0 Å². The maximum Gasteiger partial charge on any atom is 0.319 e. The Hall–Kier alpha value is -1.99. The van der Waals surface area contributed by atoms with E-state index in [0.717, 1.165) is 5.56 Å². The van der Waals surface area contributed by atoms with Crippen molar-refractivity contribution in [1.29, 1.82) is 0 Å². The SMILES string of the molecule is C#Cc1cccc(NC(=O)NCC(C)CCO)c1. The number of urea groups is 1. The van der Waals surface area contributed by atoms with Crippen LogP contribution >= 0.6 is 0 Å². The Morgan fingerprint density at radius 1 is 1.56 bits per heavy atom. The average Bonchev–Trinajstić information content (AvgIpc) is 2.37. The summed E-state index contributed by atoms with van der Waals surface area (Å²) in [4.78, 5) is 11.6.